The summed E-state index contributed by atoms with van der Waals surface area (Å²) in [4.78, 5) is 18.6. The smallest absolute Gasteiger partial charge is 0.281 e. The molecule has 0 saturated carbocycles. The molecule has 2 aliphatic heterocycles. The topological polar surface area (TPSA) is 99.8 Å². The van der Waals surface area contributed by atoms with Gasteiger partial charge in [-0.2, -0.15) is 17.0 Å². The molecule has 2 atom stereocenters. The SMILES string of the molecule is CN(C)S(=O)(=O)N1CC[C@H]2[C@@H]1CCN2C(=O)CCc1csc(N)n1. The van der Waals surface area contributed by atoms with Crippen molar-refractivity contribution in [1.29, 1.82) is 0 Å². The monoisotopic (exact) mass is 373 g/mol. The molecule has 0 spiro atoms. The molecule has 24 heavy (non-hydrogen) atoms. The molecule has 2 fully saturated rings. The fraction of sp³-hybridized carbons (Fsp3) is 0.714. The van der Waals surface area contributed by atoms with E-state index >= 15 is 0 Å². The van der Waals surface area contributed by atoms with E-state index in [1.54, 1.807) is 18.4 Å². The summed E-state index contributed by atoms with van der Waals surface area (Å²) in [5.74, 6) is 0.0678. The van der Waals surface area contributed by atoms with Crippen LogP contribution in [0.15, 0.2) is 5.38 Å². The summed E-state index contributed by atoms with van der Waals surface area (Å²) in [5, 5.41) is 2.38. The Kier molecular flexibility index (Phi) is 4.82. The quantitative estimate of drug-likeness (QED) is 0.791. The van der Waals surface area contributed by atoms with Crippen LogP contribution in [0.2, 0.25) is 0 Å². The largest absolute Gasteiger partial charge is 0.375 e. The number of nitrogens with two attached hydrogens (primary N) is 1. The molecule has 0 radical (unpaired) electrons. The van der Waals surface area contributed by atoms with Crippen LogP contribution in [0.3, 0.4) is 0 Å². The van der Waals surface area contributed by atoms with Gasteiger partial charge in [0.25, 0.3) is 10.2 Å². The van der Waals surface area contributed by atoms with Crippen molar-refractivity contribution in [2.45, 2.75) is 37.8 Å². The van der Waals surface area contributed by atoms with Crippen LogP contribution in [0.1, 0.15) is 25.0 Å². The third-order valence-corrected chi connectivity index (χ3v) is 7.46. The number of thiazole rings is 1. The Morgan fingerprint density at radius 2 is 2.08 bits per heavy atom. The van der Waals surface area contributed by atoms with Crippen molar-refractivity contribution in [2.75, 3.05) is 32.9 Å². The second-order valence-corrected chi connectivity index (χ2v) is 9.36. The zero-order chi connectivity index (χ0) is 17.5. The maximum Gasteiger partial charge on any atom is 0.281 e. The number of nitrogens with zero attached hydrogens (tertiary/aromatic N) is 4. The highest BCUT2D eigenvalue weighted by Crippen LogP contribution is 2.34. The third kappa shape index (κ3) is 3.15. The molecule has 0 unspecified atom stereocenters. The molecule has 1 aromatic heterocycles. The van der Waals surface area contributed by atoms with Crippen LogP contribution >= 0.6 is 11.3 Å². The van der Waals surface area contributed by atoms with Gasteiger partial charge >= 0.3 is 0 Å². The highest BCUT2D eigenvalue weighted by atomic mass is 32.2. The number of rotatable bonds is 5. The zero-order valence-electron chi connectivity index (χ0n) is 13.9. The number of nitrogen functional groups attached to an aromatic ring is 1. The van der Waals surface area contributed by atoms with E-state index < -0.39 is 10.2 Å². The Bertz CT molecular complexity index is 718. The Hall–Kier alpha value is -1.23. The van der Waals surface area contributed by atoms with Gasteiger partial charge in [0.05, 0.1) is 5.69 Å². The lowest BCUT2D eigenvalue weighted by Gasteiger charge is -2.27. The van der Waals surface area contributed by atoms with Crippen LogP contribution in [0.25, 0.3) is 0 Å². The lowest BCUT2D eigenvalue weighted by atomic mass is 10.1. The Morgan fingerprint density at radius 3 is 2.71 bits per heavy atom. The molecule has 3 rings (SSSR count). The number of fused-ring (bicyclic) bond motifs is 1. The van der Waals surface area contributed by atoms with Gasteiger partial charge in [0, 0.05) is 51.1 Å². The predicted molar refractivity (Wildman–Crippen MR) is 92.7 cm³/mol. The average molecular weight is 374 g/mol. The summed E-state index contributed by atoms with van der Waals surface area (Å²) >= 11 is 1.37. The second kappa shape index (κ2) is 6.58. The van der Waals surface area contributed by atoms with Gasteiger partial charge in [0.1, 0.15) is 0 Å². The number of hydrogen-bond donors (Lipinski definition) is 1. The Labute approximate surface area is 146 Å². The molecule has 134 valence electrons. The maximum atomic E-state index is 12.6. The number of amides is 1. The number of aromatic nitrogens is 1. The Balaban J connectivity index is 1.62. The van der Waals surface area contributed by atoms with Gasteiger partial charge < -0.3 is 10.6 Å². The molecule has 1 amide bonds. The van der Waals surface area contributed by atoms with Gasteiger partial charge in [-0.3, -0.25) is 4.79 Å². The van der Waals surface area contributed by atoms with Crippen LogP contribution in [0.5, 0.6) is 0 Å². The summed E-state index contributed by atoms with van der Waals surface area (Å²) in [5.41, 5.74) is 6.44. The van der Waals surface area contributed by atoms with Gasteiger partial charge in [-0.15, -0.1) is 11.3 Å². The maximum absolute atomic E-state index is 12.6. The first-order valence-electron chi connectivity index (χ1n) is 7.99. The van der Waals surface area contributed by atoms with Crippen LogP contribution in [-0.4, -0.2) is 72.1 Å². The highest BCUT2D eigenvalue weighted by Gasteiger charge is 2.48. The van der Waals surface area contributed by atoms with Crippen molar-refractivity contribution in [3.8, 4) is 0 Å². The number of likely N-dealkylation sites (tertiary alicyclic amines) is 1. The van der Waals surface area contributed by atoms with Crippen molar-refractivity contribution < 1.29 is 13.2 Å². The summed E-state index contributed by atoms with van der Waals surface area (Å²) in [7, 11) is -0.343. The van der Waals surface area contributed by atoms with Crippen LogP contribution in [0.4, 0.5) is 5.13 Å². The van der Waals surface area contributed by atoms with Crippen molar-refractivity contribution in [3.05, 3.63) is 11.1 Å². The normalized spacial score (nSPS) is 24.7. The Morgan fingerprint density at radius 1 is 1.38 bits per heavy atom. The lowest BCUT2D eigenvalue weighted by molar-refractivity contribution is -0.132. The molecule has 2 N–H and O–H groups in total. The summed E-state index contributed by atoms with van der Waals surface area (Å²) in [6.07, 6.45) is 2.35. The van der Waals surface area contributed by atoms with E-state index in [1.807, 2.05) is 10.3 Å². The average Bonchev–Trinajstić information content (AvgIpc) is 3.19. The zero-order valence-corrected chi connectivity index (χ0v) is 15.5. The summed E-state index contributed by atoms with van der Waals surface area (Å²) < 4.78 is 27.6. The van der Waals surface area contributed by atoms with Crippen molar-refractivity contribution >= 4 is 32.6 Å². The second-order valence-electron chi connectivity index (χ2n) is 6.38. The molecule has 2 saturated heterocycles. The number of aryl methyl sites for hydroxylation is 1. The highest BCUT2D eigenvalue weighted by molar-refractivity contribution is 7.86. The van der Waals surface area contributed by atoms with E-state index in [4.69, 9.17) is 5.73 Å². The van der Waals surface area contributed by atoms with Crippen LogP contribution < -0.4 is 5.73 Å². The minimum absolute atomic E-state index is 0.00673. The molecule has 0 aromatic carbocycles. The number of carbonyl (C=O) groups excluding carboxylic acids is 1. The molecular formula is C14H23N5O3S2. The fourth-order valence-electron chi connectivity index (χ4n) is 3.57. The van der Waals surface area contributed by atoms with E-state index in [9.17, 15) is 13.2 Å². The molecule has 3 heterocycles. The molecule has 2 aliphatic rings. The molecule has 0 aliphatic carbocycles. The number of anilines is 1. The first-order chi connectivity index (χ1) is 11.3. The van der Waals surface area contributed by atoms with Gasteiger partial charge in [-0.1, -0.05) is 0 Å². The van der Waals surface area contributed by atoms with E-state index in [-0.39, 0.29) is 18.0 Å². The van der Waals surface area contributed by atoms with Gasteiger partial charge in [-0.25, -0.2) is 4.98 Å². The standard InChI is InChI=1S/C14H23N5O3S2/c1-17(2)24(21,22)19-8-6-11-12(19)5-7-18(11)13(20)4-3-10-9-23-14(15)16-10/h9,11-12H,3-8H2,1-2H3,(H2,15,16)/t11-,12-/m0/s1. The molecule has 8 nitrogen and oxygen atoms in total. The minimum Gasteiger partial charge on any atom is -0.375 e. The first kappa shape index (κ1) is 17.6. The number of carbonyl (C=O) groups is 1. The van der Waals surface area contributed by atoms with Crippen molar-refractivity contribution in [2.24, 2.45) is 0 Å². The number of hydrogen-bond acceptors (Lipinski definition) is 6. The molecular weight excluding hydrogens is 350 g/mol. The van der Waals surface area contributed by atoms with E-state index in [1.165, 1.54) is 15.6 Å². The van der Waals surface area contributed by atoms with Gasteiger partial charge in [0.15, 0.2) is 5.13 Å². The first-order valence-corrected chi connectivity index (χ1v) is 10.3. The molecule has 1 aromatic rings. The predicted octanol–water partition coefficient (Wildman–Crippen LogP) is 0.140. The van der Waals surface area contributed by atoms with Crippen molar-refractivity contribution in [3.63, 3.8) is 0 Å². The van der Waals surface area contributed by atoms with Crippen molar-refractivity contribution in [1.82, 2.24) is 18.5 Å². The van der Waals surface area contributed by atoms with Gasteiger partial charge in [0.2, 0.25) is 5.91 Å². The fourth-order valence-corrected chi connectivity index (χ4v) is 5.51. The summed E-state index contributed by atoms with van der Waals surface area (Å²) in [6.45, 7) is 1.09. The van der Waals surface area contributed by atoms with E-state index in [0.717, 1.165) is 5.69 Å². The molecule has 0 bridgehead atoms. The van der Waals surface area contributed by atoms with E-state index in [0.29, 0.717) is 43.9 Å². The minimum atomic E-state index is -3.43. The third-order valence-electron chi connectivity index (χ3n) is 4.77. The lowest BCUT2D eigenvalue weighted by Crippen LogP contribution is -2.45. The van der Waals surface area contributed by atoms with Gasteiger partial charge in [-0.05, 0) is 19.3 Å². The van der Waals surface area contributed by atoms with Crippen LogP contribution in [-0.2, 0) is 21.4 Å². The molecule has 10 heteroatoms. The summed E-state index contributed by atoms with van der Waals surface area (Å²) in [6, 6.07) is -0.107. The van der Waals surface area contributed by atoms with Crippen LogP contribution in [0, 0.1) is 0 Å². The van der Waals surface area contributed by atoms with E-state index in [2.05, 4.69) is 4.98 Å².